The summed E-state index contributed by atoms with van der Waals surface area (Å²) in [7, 11) is 0. The molecule has 1 heterocycles. The van der Waals surface area contributed by atoms with E-state index in [1.807, 2.05) is 0 Å². The smallest absolute Gasteiger partial charge is 0.128 e. The van der Waals surface area contributed by atoms with E-state index >= 15 is 0 Å². The predicted octanol–water partition coefficient (Wildman–Crippen LogP) is 3.12. The molecule has 0 aliphatic heterocycles. The minimum absolute atomic E-state index is 0.580. The maximum atomic E-state index is 4.77. The second kappa shape index (κ2) is 7.46. The fourth-order valence-electron chi connectivity index (χ4n) is 1.59. The Kier molecular flexibility index (Phi) is 6.09. The highest BCUT2D eigenvalue weighted by Gasteiger charge is 2.02. The van der Waals surface area contributed by atoms with Gasteiger partial charge in [0.1, 0.15) is 6.26 Å². The quantitative estimate of drug-likeness (QED) is 0.670. The van der Waals surface area contributed by atoms with E-state index in [1.54, 1.807) is 12.5 Å². The fourth-order valence-corrected chi connectivity index (χ4v) is 1.59. The maximum absolute atomic E-state index is 4.77. The second-order valence-corrected chi connectivity index (χ2v) is 4.16. The largest absolute Gasteiger partial charge is 0.364 e. The van der Waals surface area contributed by atoms with E-state index in [0.29, 0.717) is 6.04 Å². The molecule has 3 heteroatoms. The van der Waals surface area contributed by atoms with Crippen molar-refractivity contribution in [3.63, 3.8) is 0 Å². The first-order valence-corrected chi connectivity index (χ1v) is 5.94. The van der Waals surface area contributed by atoms with Gasteiger partial charge in [0.15, 0.2) is 0 Å². The maximum Gasteiger partial charge on any atom is 0.128 e. The van der Waals surface area contributed by atoms with Crippen LogP contribution in [0.3, 0.4) is 0 Å². The molecule has 0 saturated heterocycles. The number of aromatic nitrogens is 1. The summed E-state index contributed by atoms with van der Waals surface area (Å²) in [5.41, 5.74) is 1.12. The minimum Gasteiger partial charge on any atom is -0.364 e. The van der Waals surface area contributed by atoms with Crippen molar-refractivity contribution in [2.24, 2.45) is 0 Å². The summed E-state index contributed by atoms with van der Waals surface area (Å²) in [6.45, 7) is 5.34. The highest BCUT2D eigenvalue weighted by molar-refractivity contribution is 4.99. The summed E-state index contributed by atoms with van der Waals surface area (Å²) < 4.78 is 4.77. The molecular weight excluding hydrogens is 188 g/mol. The Hall–Kier alpha value is -0.830. The van der Waals surface area contributed by atoms with E-state index < -0.39 is 0 Å². The average Bonchev–Trinajstić information content (AvgIpc) is 2.74. The standard InChI is InChI=1S/C12H22N2O/c1-3-4-5-6-7-11(2)13-8-12-9-14-15-10-12/h9-11,13H,3-8H2,1-2H3. The molecule has 0 bridgehead atoms. The lowest BCUT2D eigenvalue weighted by atomic mass is 10.1. The van der Waals surface area contributed by atoms with Gasteiger partial charge in [-0.25, -0.2) is 0 Å². The van der Waals surface area contributed by atoms with Gasteiger partial charge in [0, 0.05) is 18.2 Å². The molecule has 0 spiro atoms. The normalized spacial score (nSPS) is 12.9. The SMILES string of the molecule is CCCCCCC(C)NCc1cnoc1. The van der Waals surface area contributed by atoms with Crippen LogP contribution in [-0.4, -0.2) is 11.2 Å². The zero-order chi connectivity index (χ0) is 10.9. The molecule has 1 atom stereocenters. The van der Waals surface area contributed by atoms with Gasteiger partial charge in [0.05, 0.1) is 6.20 Å². The Morgan fingerprint density at radius 1 is 1.40 bits per heavy atom. The highest BCUT2D eigenvalue weighted by Crippen LogP contribution is 2.06. The molecule has 1 rings (SSSR count). The summed E-state index contributed by atoms with van der Waals surface area (Å²) in [6, 6.07) is 0.580. The third kappa shape index (κ3) is 5.57. The topological polar surface area (TPSA) is 38.1 Å². The number of nitrogens with zero attached hydrogens (tertiary/aromatic N) is 1. The molecule has 0 aliphatic carbocycles. The second-order valence-electron chi connectivity index (χ2n) is 4.16. The van der Waals surface area contributed by atoms with Crippen molar-refractivity contribution in [1.29, 1.82) is 0 Å². The van der Waals surface area contributed by atoms with Crippen molar-refractivity contribution in [2.45, 2.75) is 58.5 Å². The Bertz CT molecular complexity index is 234. The first kappa shape index (κ1) is 12.2. The van der Waals surface area contributed by atoms with E-state index in [9.17, 15) is 0 Å². The minimum atomic E-state index is 0.580. The molecule has 1 unspecified atom stereocenters. The highest BCUT2D eigenvalue weighted by atomic mass is 16.5. The predicted molar refractivity (Wildman–Crippen MR) is 61.6 cm³/mol. The van der Waals surface area contributed by atoms with Gasteiger partial charge in [0.25, 0.3) is 0 Å². The van der Waals surface area contributed by atoms with Crippen LogP contribution in [0, 0.1) is 0 Å². The summed E-state index contributed by atoms with van der Waals surface area (Å²) in [5, 5.41) is 7.13. The molecule has 1 aromatic rings. The molecule has 3 nitrogen and oxygen atoms in total. The summed E-state index contributed by atoms with van der Waals surface area (Å²) in [4.78, 5) is 0. The number of nitrogens with one attached hydrogen (secondary N) is 1. The number of rotatable bonds is 8. The fraction of sp³-hybridized carbons (Fsp3) is 0.750. The van der Waals surface area contributed by atoms with Crippen molar-refractivity contribution in [3.05, 3.63) is 18.0 Å². The van der Waals surface area contributed by atoms with Crippen LogP contribution < -0.4 is 5.32 Å². The van der Waals surface area contributed by atoms with Gasteiger partial charge in [0.2, 0.25) is 0 Å². The molecule has 86 valence electrons. The van der Waals surface area contributed by atoms with Crippen molar-refractivity contribution in [2.75, 3.05) is 0 Å². The van der Waals surface area contributed by atoms with Crippen molar-refractivity contribution in [1.82, 2.24) is 10.5 Å². The molecule has 0 fully saturated rings. The van der Waals surface area contributed by atoms with Crippen LogP contribution in [0.2, 0.25) is 0 Å². The zero-order valence-electron chi connectivity index (χ0n) is 9.83. The van der Waals surface area contributed by atoms with E-state index in [0.717, 1.165) is 12.1 Å². The van der Waals surface area contributed by atoms with Crippen molar-refractivity contribution >= 4 is 0 Å². The first-order chi connectivity index (χ1) is 7.33. The van der Waals surface area contributed by atoms with Crippen LogP contribution in [0.25, 0.3) is 0 Å². The summed E-state index contributed by atoms with van der Waals surface area (Å²) in [6.07, 6.45) is 10.1. The van der Waals surface area contributed by atoms with Gasteiger partial charge >= 0.3 is 0 Å². The zero-order valence-corrected chi connectivity index (χ0v) is 9.83. The molecule has 0 aliphatic rings. The third-order valence-electron chi connectivity index (χ3n) is 2.63. The van der Waals surface area contributed by atoms with Crippen LogP contribution in [0.5, 0.6) is 0 Å². The Balaban J connectivity index is 2.01. The molecule has 0 aromatic carbocycles. The number of hydrogen-bond donors (Lipinski definition) is 1. The van der Waals surface area contributed by atoms with E-state index in [4.69, 9.17) is 4.52 Å². The lowest BCUT2D eigenvalue weighted by Gasteiger charge is -2.12. The van der Waals surface area contributed by atoms with Gasteiger partial charge in [-0.3, -0.25) is 0 Å². The molecule has 0 amide bonds. The molecular formula is C12H22N2O. The molecule has 1 aromatic heterocycles. The van der Waals surface area contributed by atoms with E-state index in [2.05, 4.69) is 24.3 Å². The van der Waals surface area contributed by atoms with Crippen LogP contribution in [0.4, 0.5) is 0 Å². The van der Waals surface area contributed by atoms with Gasteiger partial charge in [-0.2, -0.15) is 0 Å². The van der Waals surface area contributed by atoms with Crippen molar-refractivity contribution in [3.8, 4) is 0 Å². The van der Waals surface area contributed by atoms with E-state index in [-0.39, 0.29) is 0 Å². The molecule has 0 saturated carbocycles. The number of unbranched alkanes of at least 4 members (excludes halogenated alkanes) is 3. The summed E-state index contributed by atoms with van der Waals surface area (Å²) >= 11 is 0. The van der Waals surface area contributed by atoms with Gasteiger partial charge in [-0.1, -0.05) is 37.8 Å². The van der Waals surface area contributed by atoms with Crippen molar-refractivity contribution < 1.29 is 4.52 Å². The van der Waals surface area contributed by atoms with Crippen LogP contribution in [0.15, 0.2) is 17.0 Å². The van der Waals surface area contributed by atoms with Crippen LogP contribution >= 0.6 is 0 Å². The van der Waals surface area contributed by atoms with Gasteiger partial charge in [-0.05, 0) is 13.3 Å². The van der Waals surface area contributed by atoms with Crippen LogP contribution in [-0.2, 0) is 6.54 Å². The summed E-state index contributed by atoms with van der Waals surface area (Å²) in [5.74, 6) is 0. The van der Waals surface area contributed by atoms with Gasteiger partial charge in [-0.15, -0.1) is 0 Å². The Labute approximate surface area is 92.2 Å². The lowest BCUT2D eigenvalue weighted by molar-refractivity contribution is 0.417. The third-order valence-corrected chi connectivity index (χ3v) is 2.63. The molecule has 0 radical (unpaired) electrons. The van der Waals surface area contributed by atoms with Gasteiger partial charge < -0.3 is 9.84 Å². The molecule has 15 heavy (non-hydrogen) atoms. The lowest BCUT2D eigenvalue weighted by Crippen LogP contribution is -2.25. The average molecular weight is 210 g/mol. The Morgan fingerprint density at radius 2 is 2.27 bits per heavy atom. The Morgan fingerprint density at radius 3 is 2.93 bits per heavy atom. The number of hydrogen-bond acceptors (Lipinski definition) is 3. The monoisotopic (exact) mass is 210 g/mol. The first-order valence-electron chi connectivity index (χ1n) is 5.94. The van der Waals surface area contributed by atoms with E-state index in [1.165, 1.54) is 32.1 Å². The molecule has 1 N–H and O–H groups in total. The van der Waals surface area contributed by atoms with Crippen LogP contribution in [0.1, 0.15) is 51.5 Å².